The zero-order valence-electron chi connectivity index (χ0n) is 13.0. The normalized spacial score (nSPS) is 34.3. The maximum absolute atomic E-state index is 4.85. The molecule has 118 valence electrons. The molecule has 4 unspecified atom stereocenters. The molecule has 4 aliphatic carbocycles. The van der Waals surface area contributed by atoms with Crippen molar-refractivity contribution in [1.82, 2.24) is 0 Å². The third-order valence-electron chi connectivity index (χ3n) is 5.94. The van der Waals surface area contributed by atoms with E-state index in [1.165, 1.54) is 38.5 Å². The van der Waals surface area contributed by atoms with Gasteiger partial charge in [-0.1, -0.05) is 0 Å². The number of allylic oxidation sites excluding steroid dienone is 8. The Morgan fingerprint density at radius 3 is 1.68 bits per heavy atom. The molecule has 0 aliphatic heterocycles. The zero-order chi connectivity index (χ0) is 13.5. The van der Waals surface area contributed by atoms with Gasteiger partial charge in [0.15, 0.2) is 0 Å². The molecule has 22 heavy (non-hydrogen) atoms. The molecular formula is C19H24Cl2Zr. The summed E-state index contributed by atoms with van der Waals surface area (Å²) in [5, 5.41) is 0. The van der Waals surface area contributed by atoms with Crippen LogP contribution in [0.2, 0.25) is 7.25 Å². The van der Waals surface area contributed by atoms with Crippen LogP contribution in [-0.2, 0) is 21.3 Å². The molecule has 0 radical (unpaired) electrons. The van der Waals surface area contributed by atoms with Crippen LogP contribution < -0.4 is 24.8 Å². The molecule has 3 heteroatoms. The Morgan fingerprint density at radius 2 is 1.23 bits per heavy atom. The second kappa shape index (κ2) is 7.91. The van der Waals surface area contributed by atoms with Gasteiger partial charge in [-0.05, 0) is 0 Å². The minimum Gasteiger partial charge on any atom is -1.00 e. The van der Waals surface area contributed by atoms with Gasteiger partial charge in [-0.3, -0.25) is 0 Å². The number of fused-ring (bicyclic) bond motifs is 2. The van der Waals surface area contributed by atoms with Crippen molar-refractivity contribution in [2.75, 3.05) is 0 Å². The van der Waals surface area contributed by atoms with Gasteiger partial charge in [0.05, 0.1) is 0 Å². The second-order valence-corrected chi connectivity index (χ2v) is 13.1. The SMILES string of the molecule is [CH2]=[Zr+2]([CH]1CCC2CC=CC=C21)[CH]1CCC2CC=CC=C21.[Cl-].[Cl-]. The molecule has 0 saturated heterocycles. The fourth-order valence-electron chi connectivity index (χ4n) is 4.87. The van der Waals surface area contributed by atoms with E-state index < -0.39 is 21.3 Å². The summed E-state index contributed by atoms with van der Waals surface area (Å²) in [7, 11) is 0. The number of hydrogen-bond acceptors (Lipinski definition) is 0. The first kappa shape index (κ1) is 18.6. The van der Waals surface area contributed by atoms with E-state index in [1.54, 1.807) is 0 Å². The zero-order valence-corrected chi connectivity index (χ0v) is 16.9. The van der Waals surface area contributed by atoms with Gasteiger partial charge in [-0.2, -0.15) is 0 Å². The smallest absolute Gasteiger partial charge is 1.00 e. The molecule has 2 saturated carbocycles. The van der Waals surface area contributed by atoms with Gasteiger partial charge in [-0.25, -0.2) is 0 Å². The standard InChI is InChI=1S/2C9H11.CH2.2ClH.Zr/c2*1-2-5-9-7-3-6-8(9)4-1;;;;/h2*1-2,4,6,9H,3,5,7H2;1H2;2*1H;/q;;;;;+2/p-2. The third-order valence-corrected chi connectivity index (χ3v) is 13.4. The summed E-state index contributed by atoms with van der Waals surface area (Å²) in [6.45, 7) is 0. The predicted molar refractivity (Wildman–Crippen MR) is 83.7 cm³/mol. The van der Waals surface area contributed by atoms with Crippen molar-refractivity contribution in [1.29, 1.82) is 0 Å². The number of hydrogen-bond donors (Lipinski definition) is 0. The summed E-state index contributed by atoms with van der Waals surface area (Å²) >= 11 is -1.59. The molecule has 0 nitrogen and oxygen atoms in total. The van der Waals surface area contributed by atoms with Crippen molar-refractivity contribution in [2.24, 2.45) is 11.8 Å². The van der Waals surface area contributed by atoms with E-state index >= 15 is 0 Å². The molecule has 4 atom stereocenters. The topological polar surface area (TPSA) is 0 Å². The van der Waals surface area contributed by atoms with Crippen molar-refractivity contribution >= 4 is 4.21 Å². The van der Waals surface area contributed by atoms with E-state index in [1.807, 2.05) is 11.1 Å². The van der Waals surface area contributed by atoms with E-state index in [0.717, 1.165) is 19.1 Å². The van der Waals surface area contributed by atoms with E-state index in [9.17, 15) is 0 Å². The Balaban J connectivity index is 0.000000882. The molecule has 0 spiro atoms. The molecule has 0 heterocycles. The van der Waals surface area contributed by atoms with Crippen LogP contribution in [0.1, 0.15) is 38.5 Å². The van der Waals surface area contributed by atoms with E-state index in [0.29, 0.717) is 0 Å². The summed E-state index contributed by atoms with van der Waals surface area (Å²) in [5.41, 5.74) is 3.62. The fourth-order valence-corrected chi connectivity index (χ4v) is 12.4. The van der Waals surface area contributed by atoms with Crippen LogP contribution in [-0.4, -0.2) is 4.21 Å². The Kier molecular flexibility index (Phi) is 6.70. The number of halogens is 2. The van der Waals surface area contributed by atoms with Gasteiger partial charge >= 0.3 is 131 Å². The van der Waals surface area contributed by atoms with Crippen LogP contribution in [0.5, 0.6) is 0 Å². The fraction of sp³-hybridized carbons (Fsp3) is 0.526. The maximum atomic E-state index is 4.85. The predicted octanol–water partition coefficient (Wildman–Crippen LogP) is -0.786. The van der Waals surface area contributed by atoms with Gasteiger partial charge in [0.2, 0.25) is 0 Å². The minimum absolute atomic E-state index is 0. The van der Waals surface area contributed by atoms with Crippen LogP contribution >= 0.6 is 0 Å². The first-order valence-electron chi connectivity index (χ1n) is 8.26. The van der Waals surface area contributed by atoms with Gasteiger partial charge in [0, 0.05) is 0 Å². The Bertz CT molecular complexity index is 508. The first-order valence-corrected chi connectivity index (χ1v) is 12.8. The minimum atomic E-state index is -1.59. The summed E-state index contributed by atoms with van der Waals surface area (Å²) < 4.78 is 6.75. The van der Waals surface area contributed by atoms with Crippen molar-refractivity contribution < 1.29 is 46.1 Å². The van der Waals surface area contributed by atoms with E-state index in [4.69, 9.17) is 4.21 Å². The van der Waals surface area contributed by atoms with Crippen molar-refractivity contribution in [2.45, 2.75) is 45.8 Å². The molecule has 2 fully saturated rings. The van der Waals surface area contributed by atoms with Crippen LogP contribution in [0.4, 0.5) is 0 Å². The molecule has 4 aliphatic rings. The van der Waals surface area contributed by atoms with Crippen molar-refractivity contribution in [3.8, 4) is 0 Å². The van der Waals surface area contributed by atoms with Crippen LogP contribution in [0.25, 0.3) is 0 Å². The maximum Gasteiger partial charge on any atom is -1.00 e. The van der Waals surface area contributed by atoms with Crippen molar-refractivity contribution in [3.63, 3.8) is 0 Å². The molecule has 0 aromatic heterocycles. The molecule has 0 aromatic carbocycles. The Hall–Kier alpha value is 0.293. The van der Waals surface area contributed by atoms with Gasteiger partial charge in [0.1, 0.15) is 0 Å². The quantitative estimate of drug-likeness (QED) is 0.556. The Labute approximate surface area is 154 Å². The second-order valence-electron chi connectivity index (χ2n) is 6.89. The molecule has 0 bridgehead atoms. The average molecular weight is 415 g/mol. The Morgan fingerprint density at radius 1 is 0.773 bits per heavy atom. The first-order chi connectivity index (χ1) is 9.84. The molecular weight excluding hydrogens is 390 g/mol. The summed E-state index contributed by atoms with van der Waals surface area (Å²) in [4.78, 5) is 0. The summed E-state index contributed by atoms with van der Waals surface area (Å²) in [5.74, 6) is 1.78. The van der Waals surface area contributed by atoms with E-state index in [2.05, 4.69) is 36.5 Å². The molecule has 0 amide bonds. The summed E-state index contributed by atoms with van der Waals surface area (Å²) in [6, 6.07) is 0. The van der Waals surface area contributed by atoms with Gasteiger partial charge in [0.25, 0.3) is 0 Å². The third kappa shape index (κ3) is 3.24. The van der Waals surface area contributed by atoms with Gasteiger partial charge < -0.3 is 24.8 Å². The molecule has 0 aromatic rings. The summed E-state index contributed by atoms with van der Waals surface area (Å²) in [6.07, 6.45) is 22.7. The van der Waals surface area contributed by atoms with E-state index in [-0.39, 0.29) is 24.8 Å². The van der Waals surface area contributed by atoms with Crippen LogP contribution in [0.15, 0.2) is 47.6 Å². The molecule has 0 N–H and O–H groups in total. The van der Waals surface area contributed by atoms with Crippen molar-refractivity contribution in [3.05, 3.63) is 47.6 Å². The molecule has 4 rings (SSSR count). The van der Waals surface area contributed by atoms with Gasteiger partial charge in [-0.15, -0.1) is 0 Å². The average Bonchev–Trinajstić information content (AvgIpc) is 3.11. The van der Waals surface area contributed by atoms with Crippen LogP contribution in [0, 0.1) is 11.8 Å². The van der Waals surface area contributed by atoms with Crippen LogP contribution in [0.3, 0.4) is 0 Å². The monoisotopic (exact) mass is 412 g/mol. The number of rotatable bonds is 2. The largest absolute Gasteiger partial charge is 1.00 e.